The SMILES string of the molecule is Cc1cccc(-c2nc(C)c(C(=O)N3CCN(C(C)C)CC3)s2)c1. The molecule has 0 atom stereocenters. The highest BCUT2D eigenvalue weighted by Gasteiger charge is 2.26. The lowest BCUT2D eigenvalue weighted by atomic mass is 10.1. The topological polar surface area (TPSA) is 36.4 Å². The molecular weight excluding hydrogens is 318 g/mol. The zero-order valence-corrected chi connectivity index (χ0v) is 15.7. The second-order valence-corrected chi connectivity index (χ2v) is 7.72. The molecule has 0 saturated carbocycles. The number of carbonyl (C=O) groups is 1. The van der Waals surface area contributed by atoms with Crippen molar-refractivity contribution in [2.24, 2.45) is 0 Å². The minimum absolute atomic E-state index is 0.132. The minimum Gasteiger partial charge on any atom is -0.335 e. The number of carbonyl (C=O) groups excluding carboxylic acids is 1. The van der Waals surface area contributed by atoms with E-state index in [0.717, 1.165) is 47.3 Å². The first-order valence-corrected chi connectivity index (χ1v) is 9.35. The van der Waals surface area contributed by atoms with Crippen molar-refractivity contribution >= 4 is 17.2 Å². The predicted octanol–water partition coefficient (Wildman–Crippen LogP) is 3.59. The van der Waals surface area contributed by atoms with Crippen molar-refractivity contribution in [2.75, 3.05) is 26.2 Å². The van der Waals surface area contributed by atoms with Crippen LogP contribution >= 0.6 is 11.3 Å². The summed E-state index contributed by atoms with van der Waals surface area (Å²) in [7, 11) is 0. The van der Waals surface area contributed by atoms with E-state index in [1.807, 2.05) is 17.9 Å². The monoisotopic (exact) mass is 343 g/mol. The average Bonchev–Trinajstić information content (AvgIpc) is 2.96. The van der Waals surface area contributed by atoms with E-state index >= 15 is 0 Å². The van der Waals surface area contributed by atoms with E-state index in [9.17, 15) is 4.79 Å². The molecule has 128 valence electrons. The standard InChI is InChI=1S/C19H25N3OS/c1-13(2)21-8-10-22(11-9-21)19(23)17-15(4)20-18(24-17)16-7-5-6-14(3)12-16/h5-7,12-13H,8-11H2,1-4H3. The molecule has 1 amide bonds. The van der Waals surface area contributed by atoms with Crippen molar-refractivity contribution in [1.29, 1.82) is 0 Å². The Morgan fingerprint density at radius 2 is 1.88 bits per heavy atom. The van der Waals surface area contributed by atoms with Gasteiger partial charge in [0.2, 0.25) is 0 Å². The number of nitrogens with zero attached hydrogens (tertiary/aromatic N) is 3. The van der Waals surface area contributed by atoms with E-state index in [2.05, 4.69) is 48.9 Å². The smallest absolute Gasteiger partial charge is 0.265 e. The Hall–Kier alpha value is -1.72. The summed E-state index contributed by atoms with van der Waals surface area (Å²) in [5.74, 6) is 0.132. The van der Waals surface area contributed by atoms with E-state index in [-0.39, 0.29) is 5.91 Å². The lowest BCUT2D eigenvalue weighted by Crippen LogP contribution is -2.50. The summed E-state index contributed by atoms with van der Waals surface area (Å²) in [5, 5.41) is 0.931. The Bertz CT molecular complexity index is 730. The normalized spacial score (nSPS) is 16.0. The Labute approximate surface area is 148 Å². The van der Waals surface area contributed by atoms with Crippen molar-refractivity contribution in [3.8, 4) is 10.6 Å². The first kappa shape index (κ1) is 17.1. The number of amides is 1. The predicted molar refractivity (Wildman–Crippen MR) is 99.6 cm³/mol. The fourth-order valence-electron chi connectivity index (χ4n) is 3.08. The van der Waals surface area contributed by atoms with Crippen LogP contribution in [0.3, 0.4) is 0 Å². The molecular formula is C19H25N3OS. The van der Waals surface area contributed by atoms with Crippen LogP contribution in [0.25, 0.3) is 10.6 Å². The molecule has 0 aliphatic carbocycles. The van der Waals surface area contributed by atoms with Gasteiger partial charge in [-0.1, -0.05) is 23.8 Å². The molecule has 24 heavy (non-hydrogen) atoms. The average molecular weight is 343 g/mol. The lowest BCUT2D eigenvalue weighted by molar-refractivity contribution is 0.0599. The summed E-state index contributed by atoms with van der Waals surface area (Å²) < 4.78 is 0. The van der Waals surface area contributed by atoms with Gasteiger partial charge in [0.25, 0.3) is 5.91 Å². The van der Waals surface area contributed by atoms with Gasteiger partial charge < -0.3 is 4.90 Å². The second kappa shape index (κ2) is 7.03. The van der Waals surface area contributed by atoms with Crippen LogP contribution in [0.2, 0.25) is 0 Å². The molecule has 2 aromatic rings. The maximum atomic E-state index is 12.9. The highest BCUT2D eigenvalue weighted by atomic mass is 32.1. The van der Waals surface area contributed by atoms with Crippen LogP contribution in [0.15, 0.2) is 24.3 Å². The number of hydrogen-bond acceptors (Lipinski definition) is 4. The largest absolute Gasteiger partial charge is 0.335 e. The summed E-state index contributed by atoms with van der Waals surface area (Å²) in [6.45, 7) is 11.9. The van der Waals surface area contributed by atoms with Gasteiger partial charge in [0.05, 0.1) is 5.69 Å². The van der Waals surface area contributed by atoms with Gasteiger partial charge in [-0.3, -0.25) is 9.69 Å². The molecule has 0 radical (unpaired) electrons. The number of hydrogen-bond donors (Lipinski definition) is 0. The van der Waals surface area contributed by atoms with Gasteiger partial charge in [0.15, 0.2) is 0 Å². The third kappa shape index (κ3) is 3.52. The molecule has 0 bridgehead atoms. The molecule has 0 spiro atoms. The summed E-state index contributed by atoms with van der Waals surface area (Å²) in [6, 6.07) is 8.83. The maximum Gasteiger partial charge on any atom is 0.265 e. The van der Waals surface area contributed by atoms with Crippen LogP contribution in [-0.2, 0) is 0 Å². The van der Waals surface area contributed by atoms with Crippen molar-refractivity contribution in [3.05, 3.63) is 40.4 Å². The van der Waals surface area contributed by atoms with E-state index < -0.39 is 0 Å². The van der Waals surface area contributed by atoms with E-state index in [4.69, 9.17) is 0 Å². The summed E-state index contributed by atoms with van der Waals surface area (Å²) in [5.41, 5.74) is 3.14. The molecule has 5 heteroatoms. The molecule has 1 aromatic heterocycles. The van der Waals surface area contributed by atoms with Crippen LogP contribution in [0, 0.1) is 13.8 Å². The Morgan fingerprint density at radius 1 is 1.17 bits per heavy atom. The summed E-state index contributed by atoms with van der Waals surface area (Å²) in [6.07, 6.45) is 0. The third-order valence-corrected chi connectivity index (χ3v) is 5.78. The van der Waals surface area contributed by atoms with Crippen molar-refractivity contribution in [3.63, 3.8) is 0 Å². The van der Waals surface area contributed by atoms with E-state index in [0.29, 0.717) is 6.04 Å². The number of aromatic nitrogens is 1. The first-order valence-electron chi connectivity index (χ1n) is 8.53. The Kier molecular flexibility index (Phi) is 5.01. The molecule has 4 nitrogen and oxygen atoms in total. The van der Waals surface area contributed by atoms with Crippen molar-refractivity contribution in [1.82, 2.24) is 14.8 Å². The van der Waals surface area contributed by atoms with Gasteiger partial charge >= 0.3 is 0 Å². The number of aryl methyl sites for hydroxylation is 2. The molecule has 1 fully saturated rings. The summed E-state index contributed by atoms with van der Waals surface area (Å²) in [4.78, 5) is 22.7. The highest BCUT2D eigenvalue weighted by Crippen LogP contribution is 2.29. The fraction of sp³-hybridized carbons (Fsp3) is 0.474. The Morgan fingerprint density at radius 3 is 2.50 bits per heavy atom. The van der Waals surface area contributed by atoms with Gasteiger partial charge in [-0.05, 0) is 33.8 Å². The molecule has 2 heterocycles. The Balaban J connectivity index is 1.77. The fourth-order valence-corrected chi connectivity index (χ4v) is 4.11. The zero-order valence-electron chi connectivity index (χ0n) is 14.9. The molecule has 0 unspecified atom stereocenters. The summed E-state index contributed by atoms with van der Waals surface area (Å²) >= 11 is 1.51. The zero-order chi connectivity index (χ0) is 17.3. The number of benzene rings is 1. The van der Waals surface area contributed by atoms with E-state index in [1.54, 1.807) is 0 Å². The van der Waals surface area contributed by atoms with Crippen LogP contribution in [-0.4, -0.2) is 52.9 Å². The molecule has 1 aliphatic rings. The lowest BCUT2D eigenvalue weighted by Gasteiger charge is -2.36. The van der Waals surface area contributed by atoms with Crippen LogP contribution in [0.1, 0.15) is 34.8 Å². The second-order valence-electron chi connectivity index (χ2n) is 6.72. The molecule has 1 saturated heterocycles. The van der Waals surface area contributed by atoms with Gasteiger partial charge in [-0.2, -0.15) is 0 Å². The van der Waals surface area contributed by atoms with Crippen LogP contribution in [0.4, 0.5) is 0 Å². The van der Waals surface area contributed by atoms with Gasteiger partial charge in [0.1, 0.15) is 9.88 Å². The molecule has 0 N–H and O–H groups in total. The highest BCUT2D eigenvalue weighted by molar-refractivity contribution is 7.17. The maximum absolute atomic E-state index is 12.9. The minimum atomic E-state index is 0.132. The molecule has 1 aliphatic heterocycles. The first-order chi connectivity index (χ1) is 11.5. The van der Waals surface area contributed by atoms with Crippen LogP contribution < -0.4 is 0 Å². The molecule has 3 rings (SSSR count). The quantitative estimate of drug-likeness (QED) is 0.854. The van der Waals surface area contributed by atoms with Gasteiger partial charge in [-0.15, -0.1) is 11.3 Å². The van der Waals surface area contributed by atoms with Crippen LogP contribution in [0.5, 0.6) is 0 Å². The van der Waals surface area contributed by atoms with Crippen molar-refractivity contribution < 1.29 is 4.79 Å². The van der Waals surface area contributed by atoms with E-state index in [1.165, 1.54) is 16.9 Å². The van der Waals surface area contributed by atoms with Gasteiger partial charge in [0, 0.05) is 37.8 Å². The number of rotatable bonds is 3. The van der Waals surface area contributed by atoms with Crippen molar-refractivity contribution in [2.45, 2.75) is 33.7 Å². The third-order valence-electron chi connectivity index (χ3n) is 4.59. The number of thiazole rings is 1. The van der Waals surface area contributed by atoms with Gasteiger partial charge in [-0.25, -0.2) is 4.98 Å². The molecule has 1 aromatic carbocycles. The number of piperazine rings is 1.